The van der Waals surface area contributed by atoms with E-state index in [1.165, 1.54) is 18.5 Å². The third kappa shape index (κ3) is 6.84. The van der Waals surface area contributed by atoms with E-state index in [2.05, 4.69) is 25.9 Å². The highest BCUT2D eigenvalue weighted by Crippen LogP contribution is 2.22. The molecular weight excluding hydrogens is 412 g/mol. The number of carbonyl (C=O) groups is 2. The standard InChI is InChI=1S/C17H22BrClN2O4/c1-4-25-17(24)14(8-20-12(9-22)5-10(2)3)15(23)13-6-11(18)7-21-16(13)19/h6-8,10,12,14,22H,4-5,9H2,1-3H3/t12-,14?/m0/s1. The second-order valence-corrected chi connectivity index (χ2v) is 7.12. The quantitative estimate of drug-likeness (QED) is 0.212. The van der Waals surface area contributed by atoms with Crippen LogP contribution < -0.4 is 0 Å². The molecular formula is C17H22BrClN2O4. The Bertz CT molecular complexity index is 637. The van der Waals surface area contributed by atoms with Gasteiger partial charge in [-0.1, -0.05) is 25.4 Å². The van der Waals surface area contributed by atoms with E-state index in [9.17, 15) is 14.7 Å². The van der Waals surface area contributed by atoms with Gasteiger partial charge in [-0.2, -0.15) is 0 Å². The topological polar surface area (TPSA) is 88.9 Å². The molecule has 1 heterocycles. The Hall–Kier alpha value is -1.31. The van der Waals surface area contributed by atoms with E-state index < -0.39 is 17.7 Å². The highest BCUT2D eigenvalue weighted by molar-refractivity contribution is 9.10. The first-order chi connectivity index (χ1) is 11.8. The lowest BCUT2D eigenvalue weighted by molar-refractivity contribution is -0.143. The number of aromatic nitrogens is 1. The number of hydrogen-bond donors (Lipinski definition) is 1. The fourth-order valence-electron chi connectivity index (χ4n) is 2.17. The molecule has 2 atom stereocenters. The average Bonchev–Trinajstić information content (AvgIpc) is 2.55. The van der Waals surface area contributed by atoms with Gasteiger partial charge in [0.15, 0.2) is 11.7 Å². The van der Waals surface area contributed by atoms with Crippen molar-refractivity contribution in [1.29, 1.82) is 0 Å². The zero-order valence-electron chi connectivity index (χ0n) is 14.4. The number of aliphatic hydroxyl groups is 1. The van der Waals surface area contributed by atoms with E-state index in [-0.39, 0.29) is 30.0 Å². The summed E-state index contributed by atoms with van der Waals surface area (Å²) in [6.07, 6.45) is 3.33. The summed E-state index contributed by atoms with van der Waals surface area (Å²) in [4.78, 5) is 33.1. The predicted molar refractivity (Wildman–Crippen MR) is 100 cm³/mol. The van der Waals surface area contributed by atoms with Crippen LogP contribution in [0.5, 0.6) is 0 Å². The number of carbonyl (C=O) groups excluding carboxylic acids is 2. The molecule has 0 amide bonds. The monoisotopic (exact) mass is 432 g/mol. The fraction of sp³-hybridized carbons (Fsp3) is 0.529. The van der Waals surface area contributed by atoms with Crippen molar-refractivity contribution in [3.8, 4) is 0 Å². The van der Waals surface area contributed by atoms with Crippen molar-refractivity contribution in [2.45, 2.75) is 33.2 Å². The number of hydrogen-bond acceptors (Lipinski definition) is 6. The number of aliphatic imine (C=N–C) groups is 1. The lowest BCUT2D eigenvalue weighted by atomic mass is 9.99. The molecule has 1 unspecified atom stereocenters. The van der Waals surface area contributed by atoms with E-state index in [0.717, 1.165) is 0 Å². The van der Waals surface area contributed by atoms with Crippen LogP contribution in [0.1, 0.15) is 37.6 Å². The van der Waals surface area contributed by atoms with Crippen LogP contribution in [0.4, 0.5) is 0 Å². The summed E-state index contributed by atoms with van der Waals surface area (Å²) in [5, 5.41) is 9.41. The van der Waals surface area contributed by atoms with E-state index >= 15 is 0 Å². The summed E-state index contributed by atoms with van der Waals surface area (Å²) in [6, 6.07) is 1.11. The highest BCUT2D eigenvalue weighted by atomic mass is 79.9. The molecule has 0 fully saturated rings. The van der Waals surface area contributed by atoms with Crippen molar-refractivity contribution in [1.82, 2.24) is 4.98 Å². The minimum atomic E-state index is -1.24. The predicted octanol–water partition coefficient (Wildman–Crippen LogP) is 3.34. The molecule has 0 aromatic carbocycles. The molecule has 0 aliphatic carbocycles. The van der Waals surface area contributed by atoms with E-state index in [4.69, 9.17) is 16.3 Å². The Kier molecular flexibility index (Phi) is 9.24. The van der Waals surface area contributed by atoms with Crippen LogP contribution >= 0.6 is 27.5 Å². The zero-order valence-corrected chi connectivity index (χ0v) is 16.7. The first-order valence-corrected chi connectivity index (χ1v) is 9.13. The number of halogens is 2. The number of Topliss-reactive ketones (excluding diaryl/α,β-unsaturated/α-hetero) is 1. The summed E-state index contributed by atoms with van der Waals surface area (Å²) in [6.45, 7) is 5.62. The van der Waals surface area contributed by atoms with Crippen molar-refractivity contribution in [2.24, 2.45) is 16.8 Å². The summed E-state index contributed by atoms with van der Waals surface area (Å²) in [7, 11) is 0. The van der Waals surface area contributed by atoms with Gasteiger partial charge in [0, 0.05) is 16.9 Å². The summed E-state index contributed by atoms with van der Waals surface area (Å²) in [5.41, 5.74) is 0.102. The van der Waals surface area contributed by atoms with E-state index in [1.807, 2.05) is 13.8 Å². The number of rotatable bonds is 9. The number of ketones is 1. The molecule has 1 rings (SSSR count). The minimum absolute atomic E-state index is 0.00297. The second-order valence-electron chi connectivity index (χ2n) is 5.85. The van der Waals surface area contributed by atoms with Crippen LogP contribution in [0.2, 0.25) is 5.15 Å². The Balaban J connectivity index is 3.13. The number of aliphatic hydroxyl groups excluding tert-OH is 1. The van der Waals surface area contributed by atoms with Crippen molar-refractivity contribution in [3.05, 3.63) is 27.5 Å². The van der Waals surface area contributed by atoms with Gasteiger partial charge >= 0.3 is 5.97 Å². The maximum absolute atomic E-state index is 12.8. The fourth-order valence-corrected chi connectivity index (χ4v) is 2.69. The van der Waals surface area contributed by atoms with Crippen LogP contribution in [-0.2, 0) is 9.53 Å². The van der Waals surface area contributed by atoms with Crippen molar-refractivity contribution in [2.75, 3.05) is 13.2 Å². The molecule has 0 bridgehead atoms. The SMILES string of the molecule is CCOC(=O)C(C=N[C@H](CO)CC(C)C)C(=O)c1cc(Br)cnc1Cl. The molecule has 25 heavy (non-hydrogen) atoms. The maximum Gasteiger partial charge on any atom is 0.322 e. The normalized spacial score (nSPS) is 13.9. The van der Waals surface area contributed by atoms with Crippen molar-refractivity contribution >= 4 is 45.5 Å². The molecule has 8 heteroatoms. The Morgan fingerprint density at radius 1 is 1.48 bits per heavy atom. The lowest BCUT2D eigenvalue weighted by Gasteiger charge is -2.14. The summed E-state index contributed by atoms with van der Waals surface area (Å²) < 4.78 is 5.54. The molecule has 0 saturated heterocycles. The molecule has 6 nitrogen and oxygen atoms in total. The van der Waals surface area contributed by atoms with Gasteiger partial charge < -0.3 is 9.84 Å². The maximum atomic E-state index is 12.8. The second kappa shape index (κ2) is 10.6. The summed E-state index contributed by atoms with van der Waals surface area (Å²) in [5.74, 6) is -2.19. The van der Waals surface area contributed by atoms with Gasteiger partial charge in [0.25, 0.3) is 0 Å². The van der Waals surface area contributed by atoms with Crippen LogP contribution in [0.3, 0.4) is 0 Å². The first kappa shape index (κ1) is 21.7. The van der Waals surface area contributed by atoms with Gasteiger partial charge in [-0.15, -0.1) is 0 Å². The Morgan fingerprint density at radius 3 is 2.72 bits per heavy atom. The molecule has 0 radical (unpaired) electrons. The smallest absolute Gasteiger partial charge is 0.322 e. The van der Waals surface area contributed by atoms with Crippen LogP contribution in [0.15, 0.2) is 21.7 Å². The molecule has 138 valence electrons. The minimum Gasteiger partial charge on any atom is -0.465 e. The third-order valence-corrected chi connectivity index (χ3v) is 4.03. The van der Waals surface area contributed by atoms with Gasteiger partial charge in [0.1, 0.15) is 5.15 Å². The average molecular weight is 434 g/mol. The van der Waals surface area contributed by atoms with Gasteiger partial charge in [-0.25, -0.2) is 4.98 Å². The van der Waals surface area contributed by atoms with Crippen molar-refractivity contribution < 1.29 is 19.4 Å². The first-order valence-electron chi connectivity index (χ1n) is 7.96. The molecule has 0 aliphatic heterocycles. The molecule has 1 aromatic rings. The van der Waals surface area contributed by atoms with Crippen molar-refractivity contribution in [3.63, 3.8) is 0 Å². The highest BCUT2D eigenvalue weighted by Gasteiger charge is 2.29. The molecule has 1 N–H and O–H groups in total. The molecule has 0 saturated carbocycles. The van der Waals surface area contributed by atoms with Gasteiger partial charge in [0.05, 0.1) is 24.8 Å². The van der Waals surface area contributed by atoms with Crippen LogP contribution in [0.25, 0.3) is 0 Å². The Labute approximate surface area is 160 Å². The number of esters is 1. The third-order valence-electron chi connectivity index (χ3n) is 3.29. The number of ether oxygens (including phenoxy) is 1. The van der Waals surface area contributed by atoms with Crippen LogP contribution in [-0.4, -0.2) is 47.3 Å². The van der Waals surface area contributed by atoms with Crippen LogP contribution in [0, 0.1) is 11.8 Å². The van der Waals surface area contributed by atoms with Gasteiger partial charge in [-0.3, -0.25) is 14.6 Å². The number of nitrogens with zero attached hydrogens (tertiary/aromatic N) is 2. The molecule has 0 aliphatic rings. The zero-order chi connectivity index (χ0) is 19.0. The number of pyridine rings is 1. The summed E-state index contributed by atoms with van der Waals surface area (Å²) >= 11 is 9.21. The molecule has 1 aromatic heterocycles. The molecule has 0 spiro atoms. The van der Waals surface area contributed by atoms with Gasteiger partial charge in [-0.05, 0) is 41.3 Å². The van der Waals surface area contributed by atoms with E-state index in [0.29, 0.717) is 16.8 Å². The van der Waals surface area contributed by atoms with Gasteiger partial charge in [0.2, 0.25) is 0 Å². The largest absolute Gasteiger partial charge is 0.465 e. The van der Waals surface area contributed by atoms with E-state index in [1.54, 1.807) is 6.92 Å². The lowest BCUT2D eigenvalue weighted by Crippen LogP contribution is -2.29. The Morgan fingerprint density at radius 2 is 2.16 bits per heavy atom.